The molecule has 0 radical (unpaired) electrons. The minimum absolute atomic E-state index is 0.409. The van der Waals surface area contributed by atoms with Crippen LogP contribution in [0.3, 0.4) is 0 Å². The van der Waals surface area contributed by atoms with Crippen molar-refractivity contribution in [1.29, 1.82) is 0 Å². The number of aliphatic hydroxyl groups is 1. The Bertz CT molecular complexity index is 860. The van der Waals surface area contributed by atoms with Crippen LogP contribution in [0.2, 0.25) is 20.1 Å². The Hall–Kier alpha value is -1.16. The molecule has 3 rings (SSSR count). The smallest absolute Gasteiger partial charge is 0.108 e. The molecule has 0 unspecified atom stereocenters. The quantitative estimate of drug-likeness (QED) is 0.538. The number of benzene rings is 2. The Kier molecular flexibility index (Phi) is 4.90. The van der Waals surface area contributed by atoms with Gasteiger partial charge >= 0.3 is 0 Å². The summed E-state index contributed by atoms with van der Waals surface area (Å²) in [5, 5.41) is 12.6. The van der Waals surface area contributed by atoms with E-state index >= 15 is 0 Å². The van der Waals surface area contributed by atoms with Crippen molar-refractivity contribution in [3.05, 3.63) is 80.0 Å². The molecular formula is C17H11Cl4NO. The second-order valence-corrected chi connectivity index (χ2v) is 6.68. The number of aromatic amines is 1. The molecule has 0 aliphatic carbocycles. The maximum absolute atomic E-state index is 10.7. The highest BCUT2D eigenvalue weighted by Gasteiger charge is 2.19. The summed E-state index contributed by atoms with van der Waals surface area (Å²) in [4.78, 5) is 3.01. The summed E-state index contributed by atoms with van der Waals surface area (Å²) in [6, 6.07) is 10.3. The average Bonchev–Trinajstić information content (AvgIpc) is 2.99. The summed E-state index contributed by atoms with van der Waals surface area (Å²) in [5.41, 5.74) is 2.94. The van der Waals surface area contributed by atoms with E-state index in [4.69, 9.17) is 46.4 Å². The Balaban J connectivity index is 2.04. The standard InChI is InChI=1S/C17H11Cl4NO/c18-10-2-3-11(15(20)6-10)17(23)13-8-22-7-12(13)9-1-4-14(19)16(21)5-9/h1-8,17,22-23H/t17-/m0/s1. The van der Waals surface area contributed by atoms with Crippen LogP contribution in [0.15, 0.2) is 48.8 Å². The van der Waals surface area contributed by atoms with Crippen LogP contribution in [-0.4, -0.2) is 10.1 Å². The molecule has 2 aromatic carbocycles. The summed E-state index contributed by atoms with van der Waals surface area (Å²) in [6.07, 6.45) is 2.63. The molecule has 0 saturated heterocycles. The normalized spacial score (nSPS) is 12.4. The van der Waals surface area contributed by atoms with Crippen LogP contribution in [0, 0.1) is 0 Å². The lowest BCUT2D eigenvalue weighted by Gasteiger charge is -2.14. The van der Waals surface area contributed by atoms with Gasteiger partial charge in [-0.05, 0) is 29.8 Å². The molecule has 0 bridgehead atoms. The van der Waals surface area contributed by atoms with E-state index in [2.05, 4.69) is 4.98 Å². The zero-order valence-electron chi connectivity index (χ0n) is 11.7. The first kappa shape index (κ1) is 16.7. The largest absolute Gasteiger partial charge is 0.384 e. The monoisotopic (exact) mass is 385 g/mol. The number of hydrogen-bond acceptors (Lipinski definition) is 1. The van der Waals surface area contributed by atoms with Crippen molar-refractivity contribution in [2.24, 2.45) is 0 Å². The van der Waals surface area contributed by atoms with E-state index in [1.807, 2.05) is 6.07 Å². The number of nitrogens with one attached hydrogen (secondary N) is 1. The van der Waals surface area contributed by atoms with E-state index in [0.29, 0.717) is 31.2 Å². The summed E-state index contributed by atoms with van der Waals surface area (Å²) in [6.45, 7) is 0. The molecule has 23 heavy (non-hydrogen) atoms. The van der Waals surface area contributed by atoms with Gasteiger partial charge in [0, 0.05) is 39.1 Å². The summed E-state index contributed by atoms with van der Waals surface area (Å²) >= 11 is 24.1. The number of hydrogen-bond donors (Lipinski definition) is 2. The van der Waals surface area contributed by atoms with E-state index < -0.39 is 6.10 Å². The first-order valence-electron chi connectivity index (χ1n) is 6.72. The number of halogens is 4. The third-order valence-electron chi connectivity index (χ3n) is 3.56. The first-order chi connectivity index (χ1) is 11.0. The zero-order chi connectivity index (χ0) is 16.6. The Morgan fingerprint density at radius 3 is 2.26 bits per heavy atom. The van der Waals surface area contributed by atoms with E-state index in [1.54, 1.807) is 42.7 Å². The van der Waals surface area contributed by atoms with Crippen molar-refractivity contribution >= 4 is 46.4 Å². The number of aliphatic hydroxyl groups excluding tert-OH is 1. The zero-order valence-corrected chi connectivity index (χ0v) is 14.7. The van der Waals surface area contributed by atoms with Crippen LogP contribution in [0.1, 0.15) is 17.2 Å². The SMILES string of the molecule is O[C@@H](c1ccc(Cl)cc1Cl)c1c[nH]cc1-c1ccc(Cl)c(Cl)c1. The topological polar surface area (TPSA) is 36.0 Å². The lowest BCUT2D eigenvalue weighted by molar-refractivity contribution is 0.221. The van der Waals surface area contributed by atoms with Crippen LogP contribution in [0.4, 0.5) is 0 Å². The fraction of sp³-hybridized carbons (Fsp3) is 0.0588. The van der Waals surface area contributed by atoms with Crippen LogP contribution in [-0.2, 0) is 0 Å². The number of H-pyrrole nitrogens is 1. The van der Waals surface area contributed by atoms with Crippen molar-refractivity contribution in [2.45, 2.75) is 6.10 Å². The van der Waals surface area contributed by atoms with Crippen molar-refractivity contribution in [3.63, 3.8) is 0 Å². The van der Waals surface area contributed by atoms with Crippen molar-refractivity contribution in [1.82, 2.24) is 4.98 Å². The van der Waals surface area contributed by atoms with Gasteiger partial charge < -0.3 is 10.1 Å². The highest BCUT2D eigenvalue weighted by molar-refractivity contribution is 6.42. The summed E-state index contributed by atoms with van der Waals surface area (Å²) in [5.74, 6) is 0. The molecule has 3 aromatic rings. The van der Waals surface area contributed by atoms with Crippen LogP contribution < -0.4 is 0 Å². The lowest BCUT2D eigenvalue weighted by atomic mass is 9.97. The molecule has 1 heterocycles. The minimum atomic E-state index is -0.893. The van der Waals surface area contributed by atoms with E-state index in [1.165, 1.54) is 0 Å². The summed E-state index contributed by atoms with van der Waals surface area (Å²) < 4.78 is 0. The van der Waals surface area contributed by atoms with Gasteiger partial charge in [-0.2, -0.15) is 0 Å². The first-order valence-corrected chi connectivity index (χ1v) is 8.23. The highest BCUT2D eigenvalue weighted by Crippen LogP contribution is 2.37. The molecule has 2 nitrogen and oxygen atoms in total. The fourth-order valence-electron chi connectivity index (χ4n) is 2.41. The van der Waals surface area contributed by atoms with Gasteiger partial charge in [0.1, 0.15) is 6.10 Å². The third-order valence-corrected chi connectivity index (χ3v) is 4.86. The van der Waals surface area contributed by atoms with E-state index in [0.717, 1.165) is 11.1 Å². The average molecular weight is 387 g/mol. The molecule has 0 amide bonds. The molecule has 1 aromatic heterocycles. The van der Waals surface area contributed by atoms with Crippen molar-refractivity contribution in [3.8, 4) is 11.1 Å². The van der Waals surface area contributed by atoms with Gasteiger partial charge in [-0.3, -0.25) is 0 Å². The molecule has 0 aliphatic heterocycles. The van der Waals surface area contributed by atoms with Crippen LogP contribution in [0.25, 0.3) is 11.1 Å². The molecule has 0 spiro atoms. The Morgan fingerprint density at radius 2 is 1.57 bits per heavy atom. The highest BCUT2D eigenvalue weighted by atomic mass is 35.5. The molecule has 118 valence electrons. The second-order valence-electron chi connectivity index (χ2n) is 5.02. The predicted molar refractivity (Wildman–Crippen MR) is 96.8 cm³/mol. The maximum Gasteiger partial charge on any atom is 0.108 e. The molecule has 6 heteroatoms. The molecule has 0 fully saturated rings. The molecule has 0 aliphatic rings. The molecular weight excluding hydrogens is 376 g/mol. The predicted octanol–water partition coefficient (Wildman–Crippen LogP) is 6.38. The minimum Gasteiger partial charge on any atom is -0.384 e. The van der Waals surface area contributed by atoms with Crippen LogP contribution >= 0.6 is 46.4 Å². The van der Waals surface area contributed by atoms with Gasteiger partial charge in [0.2, 0.25) is 0 Å². The Morgan fingerprint density at radius 1 is 0.783 bits per heavy atom. The van der Waals surface area contributed by atoms with Gasteiger partial charge in [-0.25, -0.2) is 0 Å². The van der Waals surface area contributed by atoms with Gasteiger partial charge in [-0.1, -0.05) is 58.5 Å². The second kappa shape index (κ2) is 6.76. The number of aromatic nitrogens is 1. The fourth-order valence-corrected chi connectivity index (χ4v) is 3.22. The third kappa shape index (κ3) is 3.37. The molecule has 1 atom stereocenters. The van der Waals surface area contributed by atoms with Gasteiger partial charge in [0.05, 0.1) is 10.0 Å². The van der Waals surface area contributed by atoms with Gasteiger partial charge in [-0.15, -0.1) is 0 Å². The van der Waals surface area contributed by atoms with E-state index in [9.17, 15) is 5.11 Å². The maximum atomic E-state index is 10.7. The molecule has 2 N–H and O–H groups in total. The van der Waals surface area contributed by atoms with Gasteiger partial charge in [0.15, 0.2) is 0 Å². The Labute approximate surface area is 153 Å². The summed E-state index contributed by atoms with van der Waals surface area (Å²) in [7, 11) is 0. The lowest BCUT2D eigenvalue weighted by Crippen LogP contribution is -2.01. The van der Waals surface area contributed by atoms with E-state index in [-0.39, 0.29) is 0 Å². The molecule has 0 saturated carbocycles. The van der Waals surface area contributed by atoms with Gasteiger partial charge in [0.25, 0.3) is 0 Å². The van der Waals surface area contributed by atoms with Crippen LogP contribution in [0.5, 0.6) is 0 Å². The number of rotatable bonds is 3. The van der Waals surface area contributed by atoms with Crippen molar-refractivity contribution < 1.29 is 5.11 Å². The van der Waals surface area contributed by atoms with Crippen molar-refractivity contribution in [2.75, 3.05) is 0 Å².